The van der Waals surface area contributed by atoms with Gasteiger partial charge in [0.05, 0.1) is 12.6 Å². The van der Waals surface area contributed by atoms with E-state index in [1.165, 1.54) is 0 Å². The monoisotopic (exact) mass is 294 g/mol. The maximum absolute atomic E-state index is 11.8. The third-order valence-electron chi connectivity index (χ3n) is 2.99. The van der Waals surface area contributed by atoms with Crippen LogP contribution in [-0.2, 0) is 9.53 Å². The van der Waals surface area contributed by atoms with Gasteiger partial charge in [-0.25, -0.2) is 0 Å². The Morgan fingerprint density at radius 1 is 1.33 bits per heavy atom. The Kier molecular flexibility index (Phi) is 5.83. The Hall–Kier alpha value is -1.79. The van der Waals surface area contributed by atoms with E-state index in [2.05, 4.69) is 10.6 Å². The second kappa shape index (κ2) is 7.85. The van der Waals surface area contributed by atoms with E-state index in [0.717, 1.165) is 0 Å². The van der Waals surface area contributed by atoms with Gasteiger partial charge >= 0.3 is 0 Å². The van der Waals surface area contributed by atoms with Crippen molar-refractivity contribution in [2.75, 3.05) is 38.2 Å². The molecule has 6 heteroatoms. The van der Waals surface area contributed by atoms with Gasteiger partial charge in [0.15, 0.2) is 11.5 Å². The average molecular weight is 294 g/mol. The first-order valence-electron chi connectivity index (χ1n) is 7.21. The van der Waals surface area contributed by atoms with Crippen LogP contribution in [0.15, 0.2) is 18.2 Å². The van der Waals surface area contributed by atoms with Crippen molar-refractivity contribution in [3.05, 3.63) is 18.2 Å². The molecular weight excluding hydrogens is 272 g/mol. The first-order chi connectivity index (χ1) is 10.2. The van der Waals surface area contributed by atoms with E-state index in [1.54, 1.807) is 18.2 Å². The standard InChI is InChI=1S/C15H22N2O4/c1-3-19-11(2)9-16-10-15(18)17-12-4-5-13-14(8-12)21-7-6-20-13/h4-5,8,11,16H,3,6-7,9-10H2,1-2H3,(H,17,18). The highest BCUT2D eigenvalue weighted by atomic mass is 16.6. The Morgan fingerprint density at radius 3 is 2.86 bits per heavy atom. The molecule has 1 aromatic carbocycles. The molecule has 1 aromatic rings. The maximum atomic E-state index is 11.8. The molecule has 0 bridgehead atoms. The van der Waals surface area contributed by atoms with E-state index in [1.807, 2.05) is 13.8 Å². The van der Waals surface area contributed by atoms with E-state index >= 15 is 0 Å². The number of carbonyl (C=O) groups excluding carboxylic acids is 1. The summed E-state index contributed by atoms with van der Waals surface area (Å²) in [7, 11) is 0. The van der Waals surface area contributed by atoms with Gasteiger partial charge in [-0.2, -0.15) is 0 Å². The molecule has 0 spiro atoms. The minimum Gasteiger partial charge on any atom is -0.486 e. The molecule has 1 atom stereocenters. The number of fused-ring (bicyclic) bond motifs is 1. The van der Waals surface area contributed by atoms with Gasteiger partial charge in [-0.15, -0.1) is 0 Å². The molecule has 21 heavy (non-hydrogen) atoms. The Morgan fingerprint density at radius 2 is 2.10 bits per heavy atom. The smallest absolute Gasteiger partial charge is 0.238 e. The lowest BCUT2D eigenvalue weighted by molar-refractivity contribution is -0.115. The van der Waals surface area contributed by atoms with Crippen molar-refractivity contribution in [1.82, 2.24) is 5.32 Å². The summed E-state index contributed by atoms with van der Waals surface area (Å²) < 4.78 is 16.3. The number of ether oxygens (including phenoxy) is 3. The largest absolute Gasteiger partial charge is 0.486 e. The number of nitrogens with one attached hydrogen (secondary N) is 2. The summed E-state index contributed by atoms with van der Waals surface area (Å²) >= 11 is 0. The Balaban J connectivity index is 1.77. The molecule has 1 heterocycles. The van der Waals surface area contributed by atoms with Crippen LogP contribution >= 0.6 is 0 Å². The fraction of sp³-hybridized carbons (Fsp3) is 0.533. The lowest BCUT2D eigenvalue weighted by Gasteiger charge is -2.19. The maximum Gasteiger partial charge on any atom is 0.238 e. The molecule has 0 saturated heterocycles. The summed E-state index contributed by atoms with van der Waals surface area (Å²) in [6.45, 7) is 6.56. The third-order valence-corrected chi connectivity index (χ3v) is 2.99. The summed E-state index contributed by atoms with van der Waals surface area (Å²) in [5, 5.41) is 5.88. The van der Waals surface area contributed by atoms with Gasteiger partial charge < -0.3 is 24.8 Å². The highest BCUT2D eigenvalue weighted by Gasteiger charge is 2.12. The fourth-order valence-electron chi connectivity index (χ4n) is 2.06. The van der Waals surface area contributed by atoms with Crippen molar-refractivity contribution in [3.8, 4) is 11.5 Å². The van der Waals surface area contributed by atoms with E-state index in [0.29, 0.717) is 43.6 Å². The van der Waals surface area contributed by atoms with Crippen LogP contribution in [0.1, 0.15) is 13.8 Å². The average Bonchev–Trinajstić information content (AvgIpc) is 2.47. The third kappa shape index (κ3) is 4.91. The Labute approximate surface area is 124 Å². The van der Waals surface area contributed by atoms with E-state index in [4.69, 9.17) is 14.2 Å². The summed E-state index contributed by atoms with van der Waals surface area (Å²) in [4.78, 5) is 11.8. The number of hydrogen-bond donors (Lipinski definition) is 2. The normalized spacial score (nSPS) is 14.6. The van der Waals surface area contributed by atoms with Gasteiger partial charge in [0.1, 0.15) is 13.2 Å². The number of amides is 1. The molecule has 0 radical (unpaired) electrons. The first kappa shape index (κ1) is 15.6. The van der Waals surface area contributed by atoms with Crippen LogP contribution in [-0.4, -0.2) is 44.9 Å². The molecule has 1 unspecified atom stereocenters. The number of benzene rings is 1. The molecular formula is C15H22N2O4. The predicted molar refractivity (Wildman–Crippen MR) is 80.0 cm³/mol. The molecule has 1 aliphatic rings. The molecule has 116 valence electrons. The Bertz CT molecular complexity index is 479. The summed E-state index contributed by atoms with van der Waals surface area (Å²) in [5.41, 5.74) is 0.698. The number of anilines is 1. The molecule has 0 saturated carbocycles. The predicted octanol–water partition coefficient (Wildman–Crippen LogP) is 1.41. The van der Waals surface area contributed by atoms with Crippen LogP contribution in [0.2, 0.25) is 0 Å². The highest BCUT2D eigenvalue weighted by molar-refractivity contribution is 5.92. The van der Waals surface area contributed by atoms with Crippen LogP contribution < -0.4 is 20.1 Å². The second-order valence-electron chi connectivity index (χ2n) is 4.80. The molecule has 0 fully saturated rings. The van der Waals surface area contributed by atoms with E-state index in [9.17, 15) is 4.79 Å². The second-order valence-corrected chi connectivity index (χ2v) is 4.80. The number of carbonyl (C=O) groups is 1. The molecule has 1 amide bonds. The van der Waals surface area contributed by atoms with Crippen molar-refractivity contribution in [2.24, 2.45) is 0 Å². The van der Waals surface area contributed by atoms with Crippen LogP contribution in [0.25, 0.3) is 0 Å². The van der Waals surface area contributed by atoms with Gasteiger partial charge in [0.2, 0.25) is 5.91 Å². The summed E-state index contributed by atoms with van der Waals surface area (Å²) in [6.07, 6.45) is 0.0945. The number of rotatable bonds is 7. The van der Waals surface area contributed by atoms with Crippen molar-refractivity contribution < 1.29 is 19.0 Å². The lowest BCUT2D eigenvalue weighted by Crippen LogP contribution is -2.33. The molecule has 2 rings (SSSR count). The van der Waals surface area contributed by atoms with Crippen molar-refractivity contribution in [1.29, 1.82) is 0 Å². The van der Waals surface area contributed by atoms with Gasteiger partial charge in [-0.1, -0.05) is 0 Å². The van der Waals surface area contributed by atoms with E-state index in [-0.39, 0.29) is 18.6 Å². The summed E-state index contributed by atoms with van der Waals surface area (Å²) in [5.74, 6) is 1.27. The van der Waals surface area contributed by atoms with Crippen molar-refractivity contribution >= 4 is 11.6 Å². The molecule has 0 aromatic heterocycles. The zero-order chi connectivity index (χ0) is 15.1. The van der Waals surface area contributed by atoms with Crippen molar-refractivity contribution in [2.45, 2.75) is 20.0 Å². The molecule has 2 N–H and O–H groups in total. The molecule has 0 aliphatic carbocycles. The van der Waals surface area contributed by atoms with E-state index < -0.39 is 0 Å². The molecule has 1 aliphatic heterocycles. The zero-order valence-electron chi connectivity index (χ0n) is 12.5. The fourth-order valence-corrected chi connectivity index (χ4v) is 2.06. The number of hydrogen-bond acceptors (Lipinski definition) is 5. The minimum atomic E-state index is -0.102. The van der Waals surface area contributed by atoms with Crippen LogP contribution in [0.3, 0.4) is 0 Å². The lowest BCUT2D eigenvalue weighted by atomic mass is 10.2. The van der Waals surface area contributed by atoms with Gasteiger partial charge in [-0.05, 0) is 26.0 Å². The van der Waals surface area contributed by atoms with Crippen molar-refractivity contribution in [3.63, 3.8) is 0 Å². The first-order valence-corrected chi connectivity index (χ1v) is 7.21. The van der Waals surface area contributed by atoms with Crippen LogP contribution in [0, 0.1) is 0 Å². The highest BCUT2D eigenvalue weighted by Crippen LogP contribution is 2.32. The SMILES string of the molecule is CCOC(C)CNCC(=O)Nc1ccc2c(c1)OCCO2. The minimum absolute atomic E-state index is 0.0945. The van der Waals surface area contributed by atoms with Gasteiger partial charge in [0, 0.05) is 24.9 Å². The topological polar surface area (TPSA) is 68.8 Å². The molecule has 6 nitrogen and oxygen atoms in total. The zero-order valence-corrected chi connectivity index (χ0v) is 12.5. The van der Waals surface area contributed by atoms with Crippen LogP contribution in [0.4, 0.5) is 5.69 Å². The van der Waals surface area contributed by atoms with Crippen LogP contribution in [0.5, 0.6) is 11.5 Å². The van der Waals surface area contributed by atoms with Gasteiger partial charge in [0.25, 0.3) is 0 Å². The van der Waals surface area contributed by atoms with Gasteiger partial charge in [-0.3, -0.25) is 4.79 Å². The quantitative estimate of drug-likeness (QED) is 0.796. The summed E-state index contributed by atoms with van der Waals surface area (Å²) in [6, 6.07) is 5.37.